The Morgan fingerprint density at radius 3 is 2.93 bits per heavy atom. The van der Waals surface area contributed by atoms with E-state index in [0.29, 0.717) is 24.8 Å². The lowest BCUT2D eigenvalue weighted by Crippen LogP contribution is -2.47. The van der Waals surface area contributed by atoms with Gasteiger partial charge in [-0.25, -0.2) is 9.98 Å². The van der Waals surface area contributed by atoms with Gasteiger partial charge in [0.1, 0.15) is 12.4 Å². The fourth-order valence-electron chi connectivity index (χ4n) is 4.02. The summed E-state index contributed by atoms with van der Waals surface area (Å²) < 4.78 is 8.14. The summed E-state index contributed by atoms with van der Waals surface area (Å²) >= 11 is 0. The Bertz CT molecular complexity index is 757. The molecule has 2 N–H and O–H groups in total. The lowest BCUT2D eigenvalue weighted by molar-refractivity contribution is 0.0992. The summed E-state index contributed by atoms with van der Waals surface area (Å²) in [6.45, 7) is 4.42. The normalized spacial score (nSPS) is 24.3. The maximum atomic E-state index is 5.95. The van der Waals surface area contributed by atoms with E-state index in [1.807, 2.05) is 12.4 Å². The predicted molar refractivity (Wildman–Crippen MR) is 107 cm³/mol. The molecule has 2 bridgehead atoms. The number of aliphatic imine (C=N–C) groups is 1. The van der Waals surface area contributed by atoms with Gasteiger partial charge < -0.3 is 19.9 Å². The van der Waals surface area contributed by atoms with Gasteiger partial charge >= 0.3 is 0 Å². The quantitative estimate of drug-likeness (QED) is 0.583. The smallest absolute Gasteiger partial charge is 0.192 e. The van der Waals surface area contributed by atoms with Crippen molar-refractivity contribution in [1.82, 2.24) is 20.2 Å². The maximum absolute atomic E-state index is 5.95. The van der Waals surface area contributed by atoms with Gasteiger partial charge in [0.15, 0.2) is 5.96 Å². The van der Waals surface area contributed by atoms with E-state index in [1.54, 1.807) is 0 Å². The van der Waals surface area contributed by atoms with Gasteiger partial charge in [-0.1, -0.05) is 30.3 Å². The number of rotatable bonds is 7. The molecule has 0 radical (unpaired) electrons. The molecule has 2 aliphatic rings. The SMILES string of the molecule is CCNC(=NCc1nccn1CCc1ccccc1)NC1CC2CCC1O2. The van der Waals surface area contributed by atoms with E-state index in [0.717, 1.165) is 44.1 Å². The minimum Gasteiger partial charge on any atom is -0.373 e. The molecular formula is C21H29N5O. The number of hydrogen-bond donors (Lipinski definition) is 2. The number of benzene rings is 1. The fraction of sp³-hybridized carbons (Fsp3) is 0.524. The number of aromatic nitrogens is 2. The first-order chi connectivity index (χ1) is 13.3. The van der Waals surface area contributed by atoms with E-state index in [2.05, 4.69) is 57.4 Å². The van der Waals surface area contributed by atoms with Crippen LogP contribution in [-0.4, -0.2) is 40.3 Å². The average molecular weight is 367 g/mol. The molecule has 3 heterocycles. The van der Waals surface area contributed by atoms with E-state index in [1.165, 1.54) is 12.0 Å². The zero-order valence-corrected chi connectivity index (χ0v) is 16.0. The number of hydrogen-bond acceptors (Lipinski definition) is 3. The van der Waals surface area contributed by atoms with Crippen LogP contribution in [0.1, 0.15) is 37.6 Å². The van der Waals surface area contributed by atoms with Gasteiger partial charge in [-0.3, -0.25) is 0 Å². The zero-order valence-electron chi connectivity index (χ0n) is 16.0. The van der Waals surface area contributed by atoms with Crippen molar-refractivity contribution < 1.29 is 4.74 Å². The van der Waals surface area contributed by atoms with Crippen LogP contribution in [0.15, 0.2) is 47.7 Å². The molecule has 2 aromatic rings. The van der Waals surface area contributed by atoms with Crippen LogP contribution < -0.4 is 10.6 Å². The van der Waals surface area contributed by atoms with Crippen LogP contribution in [0.5, 0.6) is 0 Å². The molecule has 4 rings (SSSR count). The summed E-state index contributed by atoms with van der Waals surface area (Å²) in [5.41, 5.74) is 1.34. The standard InChI is InChI=1S/C21H29N5O/c1-2-22-21(25-18-14-17-8-9-19(18)27-17)24-15-20-23-11-13-26(20)12-10-16-6-4-3-5-7-16/h3-7,11,13,17-19H,2,8-10,12,14-15H2,1H3,(H2,22,24,25). The van der Waals surface area contributed by atoms with Gasteiger partial charge in [0.2, 0.25) is 0 Å². The molecule has 6 nitrogen and oxygen atoms in total. The minimum absolute atomic E-state index is 0.340. The molecule has 3 atom stereocenters. The first kappa shape index (κ1) is 18.0. The van der Waals surface area contributed by atoms with E-state index < -0.39 is 0 Å². The number of ether oxygens (including phenoxy) is 1. The highest BCUT2D eigenvalue weighted by atomic mass is 16.5. The Labute approximate surface area is 161 Å². The summed E-state index contributed by atoms with van der Waals surface area (Å²) in [5.74, 6) is 1.85. The monoisotopic (exact) mass is 367 g/mol. The molecule has 2 saturated heterocycles. The van der Waals surface area contributed by atoms with Crippen LogP contribution in [0.3, 0.4) is 0 Å². The second-order valence-corrected chi connectivity index (χ2v) is 7.33. The first-order valence-electron chi connectivity index (χ1n) is 10.1. The lowest BCUT2D eigenvalue weighted by atomic mass is 9.96. The van der Waals surface area contributed by atoms with Crippen molar-refractivity contribution in [2.45, 2.75) is 63.9 Å². The average Bonchev–Trinajstić information content (AvgIpc) is 3.42. The molecule has 3 unspecified atom stereocenters. The van der Waals surface area contributed by atoms with Crippen LogP contribution in [0.2, 0.25) is 0 Å². The third-order valence-electron chi connectivity index (χ3n) is 5.44. The highest BCUT2D eigenvalue weighted by molar-refractivity contribution is 5.80. The molecule has 27 heavy (non-hydrogen) atoms. The van der Waals surface area contributed by atoms with E-state index in [9.17, 15) is 0 Å². The van der Waals surface area contributed by atoms with Gasteiger partial charge in [0.25, 0.3) is 0 Å². The Balaban J connectivity index is 1.36. The van der Waals surface area contributed by atoms with Gasteiger partial charge in [-0.15, -0.1) is 0 Å². The van der Waals surface area contributed by atoms with Crippen LogP contribution >= 0.6 is 0 Å². The number of guanidine groups is 1. The first-order valence-corrected chi connectivity index (χ1v) is 10.1. The maximum Gasteiger partial charge on any atom is 0.192 e. The minimum atomic E-state index is 0.340. The van der Waals surface area contributed by atoms with Crippen LogP contribution in [0.4, 0.5) is 0 Å². The lowest BCUT2D eigenvalue weighted by Gasteiger charge is -2.22. The topological polar surface area (TPSA) is 63.5 Å². The van der Waals surface area contributed by atoms with Crippen LogP contribution in [-0.2, 0) is 24.2 Å². The van der Waals surface area contributed by atoms with Crippen molar-refractivity contribution in [3.05, 3.63) is 54.1 Å². The molecule has 2 aliphatic heterocycles. The van der Waals surface area contributed by atoms with Crippen molar-refractivity contribution in [2.24, 2.45) is 4.99 Å². The van der Waals surface area contributed by atoms with Crippen molar-refractivity contribution in [2.75, 3.05) is 6.54 Å². The van der Waals surface area contributed by atoms with Crippen molar-refractivity contribution in [1.29, 1.82) is 0 Å². The molecule has 1 aromatic carbocycles. The molecule has 0 aliphatic carbocycles. The van der Waals surface area contributed by atoms with Gasteiger partial charge in [0.05, 0.1) is 18.2 Å². The molecule has 2 fully saturated rings. The molecule has 144 valence electrons. The van der Waals surface area contributed by atoms with Crippen LogP contribution in [0, 0.1) is 0 Å². The van der Waals surface area contributed by atoms with Gasteiger partial charge in [-0.05, 0) is 38.2 Å². The Hall–Kier alpha value is -2.34. The van der Waals surface area contributed by atoms with E-state index >= 15 is 0 Å². The Morgan fingerprint density at radius 2 is 2.19 bits per heavy atom. The molecule has 1 aromatic heterocycles. The number of imidazole rings is 1. The predicted octanol–water partition coefficient (Wildman–Crippen LogP) is 2.50. The largest absolute Gasteiger partial charge is 0.373 e. The second-order valence-electron chi connectivity index (χ2n) is 7.33. The van der Waals surface area contributed by atoms with Gasteiger partial charge in [0, 0.05) is 25.5 Å². The second kappa shape index (κ2) is 8.57. The van der Waals surface area contributed by atoms with E-state index in [-0.39, 0.29) is 0 Å². The van der Waals surface area contributed by atoms with E-state index in [4.69, 9.17) is 9.73 Å². The Morgan fingerprint density at radius 1 is 1.30 bits per heavy atom. The highest BCUT2D eigenvalue weighted by Crippen LogP contribution is 2.34. The third kappa shape index (κ3) is 4.50. The summed E-state index contributed by atoms with van der Waals surface area (Å²) in [5, 5.41) is 6.92. The highest BCUT2D eigenvalue weighted by Gasteiger charge is 2.41. The summed E-state index contributed by atoms with van der Waals surface area (Å²) in [6, 6.07) is 10.9. The van der Waals surface area contributed by atoms with Crippen molar-refractivity contribution in [3.8, 4) is 0 Å². The van der Waals surface area contributed by atoms with Crippen molar-refractivity contribution in [3.63, 3.8) is 0 Å². The third-order valence-corrected chi connectivity index (χ3v) is 5.44. The molecule has 6 heteroatoms. The molecule has 0 spiro atoms. The van der Waals surface area contributed by atoms with Crippen molar-refractivity contribution >= 4 is 5.96 Å². The molecular weight excluding hydrogens is 338 g/mol. The summed E-state index contributed by atoms with van der Waals surface area (Å²) in [6.07, 6.45) is 9.12. The number of aryl methyl sites for hydroxylation is 2. The summed E-state index contributed by atoms with van der Waals surface area (Å²) in [7, 11) is 0. The molecule has 0 saturated carbocycles. The van der Waals surface area contributed by atoms with Crippen LogP contribution in [0.25, 0.3) is 0 Å². The van der Waals surface area contributed by atoms with Gasteiger partial charge in [-0.2, -0.15) is 0 Å². The fourth-order valence-corrected chi connectivity index (χ4v) is 4.02. The zero-order chi connectivity index (χ0) is 18.5. The molecule has 0 amide bonds. The Kier molecular flexibility index (Phi) is 5.72. The summed E-state index contributed by atoms with van der Waals surface area (Å²) in [4.78, 5) is 9.28. The number of nitrogens with one attached hydrogen (secondary N) is 2. The number of fused-ring (bicyclic) bond motifs is 2. The number of nitrogens with zero attached hydrogens (tertiary/aromatic N) is 3.